The number of aliphatic hydroxyl groups excluding tert-OH is 1. The molecule has 1 aliphatic heterocycles. The van der Waals surface area contributed by atoms with Gasteiger partial charge in [-0.05, 0) is 37.1 Å². The Morgan fingerprint density at radius 2 is 2.00 bits per heavy atom. The van der Waals surface area contributed by atoms with Crippen LogP contribution >= 0.6 is 0 Å². The van der Waals surface area contributed by atoms with Gasteiger partial charge in [0.15, 0.2) is 0 Å². The van der Waals surface area contributed by atoms with Gasteiger partial charge >= 0.3 is 0 Å². The Bertz CT molecular complexity index is 978. The average Bonchev–Trinajstić information content (AvgIpc) is 3.18. The molecule has 0 spiro atoms. The summed E-state index contributed by atoms with van der Waals surface area (Å²) >= 11 is 0. The summed E-state index contributed by atoms with van der Waals surface area (Å²) in [6.45, 7) is 0.437. The second-order valence-corrected chi connectivity index (χ2v) is 7.18. The molecule has 1 aromatic heterocycles. The fourth-order valence-corrected chi connectivity index (χ4v) is 3.76. The zero-order valence-electron chi connectivity index (χ0n) is 15.5. The zero-order valence-corrected chi connectivity index (χ0v) is 15.5. The van der Waals surface area contributed by atoms with E-state index in [0.717, 1.165) is 40.7 Å². The molecule has 3 aromatic rings. The van der Waals surface area contributed by atoms with Crippen molar-refractivity contribution in [2.45, 2.75) is 12.8 Å². The van der Waals surface area contributed by atoms with Gasteiger partial charge in [-0.2, -0.15) is 0 Å². The average molecular weight is 377 g/mol. The molecule has 144 valence electrons. The number of nitrogens with zero attached hydrogens (tertiary/aromatic N) is 1. The minimum atomic E-state index is -0.513. The van der Waals surface area contributed by atoms with Gasteiger partial charge in [-0.25, -0.2) is 0 Å². The van der Waals surface area contributed by atoms with Gasteiger partial charge < -0.3 is 20.3 Å². The molecule has 2 heterocycles. The van der Waals surface area contributed by atoms with E-state index in [2.05, 4.69) is 22.4 Å². The van der Waals surface area contributed by atoms with Crippen LogP contribution in [-0.4, -0.2) is 46.5 Å². The third-order valence-electron chi connectivity index (χ3n) is 5.25. The van der Waals surface area contributed by atoms with E-state index in [1.165, 1.54) is 0 Å². The summed E-state index contributed by atoms with van der Waals surface area (Å²) < 4.78 is 0. The molecule has 4 rings (SSSR count). The molecule has 2 aromatic carbocycles. The normalized spacial score (nSPS) is 16.9. The Labute approximate surface area is 163 Å². The minimum Gasteiger partial charge on any atom is -0.387 e. The second-order valence-electron chi connectivity index (χ2n) is 7.18. The lowest BCUT2D eigenvalue weighted by atomic mass is 9.97. The van der Waals surface area contributed by atoms with E-state index in [1.54, 1.807) is 4.90 Å². The summed E-state index contributed by atoms with van der Waals surface area (Å²) in [5.41, 5.74) is 3.79. The predicted octanol–water partition coefficient (Wildman–Crippen LogP) is 3.00. The first-order chi connectivity index (χ1) is 13.6. The van der Waals surface area contributed by atoms with Crippen molar-refractivity contribution in [2.75, 3.05) is 25.0 Å². The van der Waals surface area contributed by atoms with Crippen LogP contribution in [0.5, 0.6) is 0 Å². The maximum absolute atomic E-state index is 12.7. The number of amides is 2. The SMILES string of the molecule is O=C(Nc1cccc(-c2cc3ccccc3[nH]2)c1)[C@@H]1CCCN(C(=O)CO)C1. The number of anilines is 1. The van der Waals surface area contributed by atoms with Crippen LogP contribution in [0.1, 0.15) is 12.8 Å². The zero-order chi connectivity index (χ0) is 19.5. The fourth-order valence-electron chi connectivity index (χ4n) is 3.76. The highest BCUT2D eigenvalue weighted by molar-refractivity contribution is 5.94. The summed E-state index contributed by atoms with van der Waals surface area (Å²) in [4.78, 5) is 29.4. The van der Waals surface area contributed by atoms with Crippen molar-refractivity contribution in [3.8, 4) is 11.3 Å². The standard InChI is InChI=1S/C22H23N3O3/c26-14-21(27)25-10-4-7-17(13-25)22(28)23-18-8-3-6-15(11-18)20-12-16-5-1-2-9-19(16)24-20/h1-3,5-6,8-9,11-12,17,24,26H,4,7,10,13-14H2,(H,23,28)/t17-/m1/s1. The lowest BCUT2D eigenvalue weighted by Crippen LogP contribution is -2.44. The van der Waals surface area contributed by atoms with Gasteiger partial charge in [-0.15, -0.1) is 0 Å². The number of carbonyl (C=O) groups is 2. The number of likely N-dealkylation sites (tertiary alicyclic amines) is 1. The van der Waals surface area contributed by atoms with Crippen LogP contribution in [0.3, 0.4) is 0 Å². The van der Waals surface area contributed by atoms with Gasteiger partial charge in [0.25, 0.3) is 0 Å². The van der Waals surface area contributed by atoms with Crippen LogP contribution in [-0.2, 0) is 9.59 Å². The maximum Gasteiger partial charge on any atom is 0.248 e. The van der Waals surface area contributed by atoms with Crippen LogP contribution in [0.15, 0.2) is 54.6 Å². The first kappa shape index (κ1) is 18.3. The summed E-state index contributed by atoms with van der Waals surface area (Å²) in [5, 5.41) is 13.2. The number of para-hydroxylation sites is 1. The van der Waals surface area contributed by atoms with Crippen LogP contribution in [0.2, 0.25) is 0 Å². The molecule has 6 nitrogen and oxygen atoms in total. The molecule has 2 amide bonds. The van der Waals surface area contributed by atoms with E-state index in [0.29, 0.717) is 13.1 Å². The highest BCUT2D eigenvalue weighted by Gasteiger charge is 2.28. The molecule has 3 N–H and O–H groups in total. The molecule has 1 aliphatic rings. The lowest BCUT2D eigenvalue weighted by molar-refractivity contribution is -0.137. The van der Waals surface area contributed by atoms with Crippen LogP contribution in [0, 0.1) is 5.92 Å². The number of aromatic amines is 1. The van der Waals surface area contributed by atoms with Crippen molar-refractivity contribution < 1.29 is 14.7 Å². The van der Waals surface area contributed by atoms with Crippen molar-refractivity contribution in [3.05, 3.63) is 54.6 Å². The molecule has 0 bridgehead atoms. The Morgan fingerprint density at radius 1 is 1.14 bits per heavy atom. The maximum atomic E-state index is 12.7. The van der Waals surface area contributed by atoms with Crippen LogP contribution in [0.4, 0.5) is 5.69 Å². The summed E-state index contributed by atoms with van der Waals surface area (Å²) in [6, 6.07) is 17.9. The minimum absolute atomic E-state index is 0.0933. The third kappa shape index (κ3) is 3.77. The van der Waals surface area contributed by atoms with E-state index in [9.17, 15) is 9.59 Å². The topological polar surface area (TPSA) is 85.4 Å². The molecule has 1 atom stereocenters. The largest absolute Gasteiger partial charge is 0.387 e. The molecule has 6 heteroatoms. The second kappa shape index (κ2) is 7.86. The number of piperidine rings is 1. The highest BCUT2D eigenvalue weighted by atomic mass is 16.3. The summed E-state index contributed by atoms with van der Waals surface area (Å²) in [6.07, 6.45) is 1.50. The van der Waals surface area contributed by atoms with Crippen molar-refractivity contribution >= 4 is 28.4 Å². The molecular weight excluding hydrogens is 354 g/mol. The van der Waals surface area contributed by atoms with Gasteiger partial charge in [0, 0.05) is 40.9 Å². The molecule has 1 fully saturated rings. The molecule has 0 unspecified atom stereocenters. The van der Waals surface area contributed by atoms with Crippen molar-refractivity contribution in [3.63, 3.8) is 0 Å². The van der Waals surface area contributed by atoms with Crippen molar-refractivity contribution in [1.82, 2.24) is 9.88 Å². The number of hydrogen-bond donors (Lipinski definition) is 3. The quantitative estimate of drug-likeness (QED) is 0.653. The van der Waals surface area contributed by atoms with E-state index >= 15 is 0 Å². The van der Waals surface area contributed by atoms with Gasteiger partial charge in [0.2, 0.25) is 11.8 Å². The van der Waals surface area contributed by atoms with E-state index < -0.39 is 6.61 Å². The Kier molecular flexibility index (Phi) is 5.12. The Balaban J connectivity index is 1.48. The Hall–Kier alpha value is -3.12. The monoisotopic (exact) mass is 377 g/mol. The number of nitrogens with one attached hydrogen (secondary N) is 2. The van der Waals surface area contributed by atoms with Crippen molar-refractivity contribution in [1.29, 1.82) is 0 Å². The number of fused-ring (bicyclic) bond motifs is 1. The summed E-state index contributed by atoms with van der Waals surface area (Å²) in [7, 11) is 0. The van der Waals surface area contributed by atoms with Gasteiger partial charge in [0.05, 0.1) is 5.92 Å². The highest BCUT2D eigenvalue weighted by Crippen LogP contribution is 2.26. The number of hydrogen-bond acceptors (Lipinski definition) is 3. The van der Waals surface area contributed by atoms with Gasteiger partial charge in [-0.3, -0.25) is 9.59 Å². The first-order valence-electron chi connectivity index (χ1n) is 9.52. The molecule has 0 aliphatic carbocycles. The van der Waals surface area contributed by atoms with E-state index in [4.69, 9.17) is 5.11 Å². The van der Waals surface area contributed by atoms with Gasteiger partial charge in [0.1, 0.15) is 6.61 Å². The van der Waals surface area contributed by atoms with E-state index in [1.807, 2.05) is 42.5 Å². The van der Waals surface area contributed by atoms with Crippen LogP contribution < -0.4 is 5.32 Å². The van der Waals surface area contributed by atoms with Crippen molar-refractivity contribution in [2.24, 2.45) is 5.92 Å². The fraction of sp³-hybridized carbons (Fsp3) is 0.273. The molecule has 0 radical (unpaired) electrons. The first-order valence-corrected chi connectivity index (χ1v) is 9.52. The molecular formula is C22H23N3O3. The third-order valence-corrected chi connectivity index (χ3v) is 5.25. The molecule has 28 heavy (non-hydrogen) atoms. The van der Waals surface area contributed by atoms with E-state index in [-0.39, 0.29) is 17.7 Å². The number of aromatic nitrogens is 1. The van der Waals surface area contributed by atoms with Gasteiger partial charge in [-0.1, -0.05) is 30.3 Å². The summed E-state index contributed by atoms with van der Waals surface area (Å²) in [5.74, 6) is -0.677. The number of benzene rings is 2. The number of carbonyl (C=O) groups excluding carboxylic acids is 2. The Morgan fingerprint density at radius 3 is 2.82 bits per heavy atom. The number of rotatable bonds is 4. The van der Waals surface area contributed by atoms with Crippen LogP contribution in [0.25, 0.3) is 22.2 Å². The number of H-pyrrole nitrogens is 1. The molecule has 1 saturated heterocycles. The smallest absolute Gasteiger partial charge is 0.248 e. The number of aliphatic hydroxyl groups is 1. The molecule has 0 saturated carbocycles. The lowest BCUT2D eigenvalue weighted by Gasteiger charge is -2.31. The predicted molar refractivity (Wildman–Crippen MR) is 109 cm³/mol.